The summed E-state index contributed by atoms with van der Waals surface area (Å²) in [4.78, 5) is 14.7. The maximum Gasteiger partial charge on any atom is 0.180 e. The van der Waals surface area contributed by atoms with Gasteiger partial charge in [0.05, 0.1) is 6.04 Å². The first kappa shape index (κ1) is 16.1. The minimum atomic E-state index is -0.336. The highest BCUT2D eigenvalue weighted by Crippen LogP contribution is 2.19. The third-order valence-corrected chi connectivity index (χ3v) is 3.56. The van der Waals surface area contributed by atoms with Crippen molar-refractivity contribution in [3.8, 4) is 0 Å². The summed E-state index contributed by atoms with van der Waals surface area (Å²) in [6.07, 6.45) is 4.16. The fourth-order valence-electron chi connectivity index (χ4n) is 2.64. The standard InChI is InChI=1S/C15H20FNO.ClH/c1-2-6-14(17-9-3-4-10-17)15(18)12-7-5-8-13(16)11-12;/h5,7-8,11,14H,2-4,6,9-10H2,1H3;1H. The molecule has 0 radical (unpaired) electrons. The van der Waals surface area contributed by atoms with Crippen molar-refractivity contribution in [2.24, 2.45) is 0 Å². The summed E-state index contributed by atoms with van der Waals surface area (Å²) in [7, 11) is 0. The predicted octanol–water partition coefficient (Wildman–Crippen LogP) is 3.69. The van der Waals surface area contributed by atoms with Gasteiger partial charge in [0.15, 0.2) is 5.78 Å². The van der Waals surface area contributed by atoms with Crippen LogP contribution in [0.25, 0.3) is 0 Å². The van der Waals surface area contributed by atoms with Crippen LogP contribution in [0, 0.1) is 5.82 Å². The highest BCUT2D eigenvalue weighted by atomic mass is 35.5. The van der Waals surface area contributed by atoms with E-state index in [1.165, 1.54) is 12.1 Å². The van der Waals surface area contributed by atoms with Crippen LogP contribution in [0.3, 0.4) is 0 Å². The first-order chi connectivity index (χ1) is 8.72. The molecule has 0 spiro atoms. The molecule has 0 aromatic heterocycles. The monoisotopic (exact) mass is 285 g/mol. The van der Waals surface area contributed by atoms with Gasteiger partial charge in [-0.2, -0.15) is 0 Å². The zero-order valence-electron chi connectivity index (χ0n) is 11.3. The Morgan fingerprint density at radius 1 is 1.37 bits per heavy atom. The molecule has 2 nitrogen and oxygen atoms in total. The van der Waals surface area contributed by atoms with Crippen molar-refractivity contribution in [1.29, 1.82) is 0 Å². The average Bonchev–Trinajstić information content (AvgIpc) is 2.89. The zero-order valence-corrected chi connectivity index (χ0v) is 12.1. The van der Waals surface area contributed by atoms with Crippen molar-refractivity contribution in [2.75, 3.05) is 13.1 Å². The number of hydrogen-bond acceptors (Lipinski definition) is 2. The van der Waals surface area contributed by atoms with Crippen LogP contribution in [-0.2, 0) is 0 Å². The molecule has 1 aliphatic heterocycles. The molecule has 1 aliphatic rings. The summed E-state index contributed by atoms with van der Waals surface area (Å²) in [5.41, 5.74) is 0.500. The van der Waals surface area contributed by atoms with Crippen LogP contribution in [0.1, 0.15) is 43.0 Å². The summed E-state index contributed by atoms with van der Waals surface area (Å²) in [6, 6.07) is 5.97. The van der Waals surface area contributed by atoms with Gasteiger partial charge in [0.2, 0.25) is 0 Å². The normalized spacial score (nSPS) is 16.9. The van der Waals surface area contributed by atoms with Gasteiger partial charge in [0.1, 0.15) is 5.82 Å². The highest BCUT2D eigenvalue weighted by molar-refractivity contribution is 6.00. The van der Waals surface area contributed by atoms with Gasteiger partial charge in [-0.3, -0.25) is 9.69 Å². The summed E-state index contributed by atoms with van der Waals surface area (Å²) in [5.74, 6) is -0.268. The number of likely N-dealkylation sites (tertiary alicyclic amines) is 1. The Bertz CT molecular complexity index is 418. The minimum Gasteiger partial charge on any atom is -0.293 e. The van der Waals surface area contributed by atoms with E-state index in [-0.39, 0.29) is 30.0 Å². The van der Waals surface area contributed by atoms with Gasteiger partial charge in [0, 0.05) is 5.56 Å². The quantitative estimate of drug-likeness (QED) is 0.769. The molecule has 1 atom stereocenters. The van der Waals surface area contributed by atoms with Crippen LogP contribution in [0.15, 0.2) is 24.3 Å². The van der Waals surface area contributed by atoms with Crippen LogP contribution >= 0.6 is 12.4 Å². The number of Topliss-reactive ketones (excluding diaryl/α,β-unsaturated/α-hetero) is 1. The molecular weight excluding hydrogens is 265 g/mol. The molecule has 1 unspecified atom stereocenters. The van der Waals surface area contributed by atoms with E-state index in [1.807, 2.05) is 0 Å². The van der Waals surface area contributed by atoms with Gasteiger partial charge in [-0.1, -0.05) is 25.5 Å². The Labute approximate surface area is 120 Å². The first-order valence-corrected chi connectivity index (χ1v) is 6.76. The number of ketones is 1. The number of carbonyl (C=O) groups is 1. The summed E-state index contributed by atoms with van der Waals surface area (Å²) in [6.45, 7) is 4.07. The molecule has 106 valence electrons. The molecule has 0 saturated carbocycles. The first-order valence-electron chi connectivity index (χ1n) is 6.76. The second-order valence-electron chi connectivity index (χ2n) is 4.92. The van der Waals surface area contributed by atoms with Crippen molar-refractivity contribution >= 4 is 18.2 Å². The predicted molar refractivity (Wildman–Crippen MR) is 77.5 cm³/mol. The molecule has 1 heterocycles. The summed E-state index contributed by atoms with van der Waals surface area (Å²) >= 11 is 0. The van der Waals surface area contributed by atoms with Crippen LogP contribution in [0.4, 0.5) is 4.39 Å². The lowest BCUT2D eigenvalue weighted by atomic mass is 9.99. The molecular formula is C15H21ClFNO. The Morgan fingerprint density at radius 2 is 2.05 bits per heavy atom. The van der Waals surface area contributed by atoms with Crippen LogP contribution in [-0.4, -0.2) is 29.8 Å². The van der Waals surface area contributed by atoms with Gasteiger partial charge >= 0.3 is 0 Å². The third-order valence-electron chi connectivity index (χ3n) is 3.56. The van der Waals surface area contributed by atoms with E-state index in [0.29, 0.717) is 5.56 Å². The van der Waals surface area contributed by atoms with E-state index in [2.05, 4.69) is 11.8 Å². The summed E-state index contributed by atoms with van der Waals surface area (Å²) < 4.78 is 13.2. The average molecular weight is 286 g/mol. The van der Waals surface area contributed by atoms with E-state index in [0.717, 1.165) is 38.8 Å². The Kier molecular flexibility index (Phi) is 6.46. The minimum absolute atomic E-state index is 0. The van der Waals surface area contributed by atoms with Gasteiger partial charge < -0.3 is 0 Å². The van der Waals surface area contributed by atoms with E-state index >= 15 is 0 Å². The van der Waals surface area contributed by atoms with Gasteiger partial charge in [-0.05, 0) is 44.5 Å². The number of rotatable bonds is 5. The fraction of sp³-hybridized carbons (Fsp3) is 0.533. The summed E-state index contributed by atoms with van der Waals surface area (Å²) in [5, 5.41) is 0. The molecule has 0 N–H and O–H groups in total. The highest BCUT2D eigenvalue weighted by Gasteiger charge is 2.28. The van der Waals surface area contributed by atoms with Crippen molar-refractivity contribution < 1.29 is 9.18 Å². The largest absolute Gasteiger partial charge is 0.293 e. The van der Waals surface area contributed by atoms with Crippen molar-refractivity contribution in [2.45, 2.75) is 38.6 Å². The third kappa shape index (κ3) is 4.02. The molecule has 1 aromatic carbocycles. The maximum absolute atomic E-state index is 13.2. The molecule has 0 amide bonds. The lowest BCUT2D eigenvalue weighted by molar-refractivity contribution is 0.0836. The van der Waals surface area contributed by atoms with E-state index in [1.54, 1.807) is 12.1 Å². The second-order valence-corrected chi connectivity index (χ2v) is 4.92. The van der Waals surface area contributed by atoms with Crippen molar-refractivity contribution in [3.63, 3.8) is 0 Å². The topological polar surface area (TPSA) is 20.3 Å². The SMILES string of the molecule is CCCC(C(=O)c1cccc(F)c1)N1CCCC1.Cl. The molecule has 0 bridgehead atoms. The number of carbonyl (C=O) groups excluding carboxylic acids is 1. The number of hydrogen-bond donors (Lipinski definition) is 0. The van der Waals surface area contributed by atoms with Crippen molar-refractivity contribution in [3.05, 3.63) is 35.6 Å². The van der Waals surface area contributed by atoms with Gasteiger partial charge in [-0.15, -0.1) is 12.4 Å². The van der Waals surface area contributed by atoms with Crippen LogP contribution in [0.5, 0.6) is 0 Å². The fourth-order valence-corrected chi connectivity index (χ4v) is 2.64. The molecule has 1 aromatic rings. The Hall–Kier alpha value is -0.930. The zero-order chi connectivity index (χ0) is 13.0. The Morgan fingerprint density at radius 3 is 2.63 bits per heavy atom. The molecule has 1 saturated heterocycles. The van der Waals surface area contributed by atoms with Crippen LogP contribution < -0.4 is 0 Å². The van der Waals surface area contributed by atoms with Gasteiger partial charge in [0.25, 0.3) is 0 Å². The number of nitrogens with zero attached hydrogens (tertiary/aromatic N) is 1. The van der Waals surface area contributed by atoms with E-state index in [9.17, 15) is 9.18 Å². The lowest BCUT2D eigenvalue weighted by Crippen LogP contribution is -2.39. The number of benzene rings is 1. The van der Waals surface area contributed by atoms with E-state index in [4.69, 9.17) is 0 Å². The molecule has 0 aliphatic carbocycles. The Balaban J connectivity index is 0.00000180. The maximum atomic E-state index is 13.2. The smallest absolute Gasteiger partial charge is 0.180 e. The number of halogens is 2. The van der Waals surface area contributed by atoms with E-state index < -0.39 is 0 Å². The van der Waals surface area contributed by atoms with Crippen molar-refractivity contribution in [1.82, 2.24) is 4.90 Å². The molecule has 2 rings (SSSR count). The molecule has 19 heavy (non-hydrogen) atoms. The molecule has 4 heteroatoms. The molecule has 1 fully saturated rings. The van der Waals surface area contributed by atoms with Crippen LogP contribution in [0.2, 0.25) is 0 Å². The lowest BCUT2D eigenvalue weighted by Gasteiger charge is -2.26. The van der Waals surface area contributed by atoms with Gasteiger partial charge in [-0.25, -0.2) is 4.39 Å². The second kappa shape index (κ2) is 7.61.